The summed E-state index contributed by atoms with van der Waals surface area (Å²) >= 11 is 0. The Morgan fingerprint density at radius 2 is 2.33 bits per heavy atom. The second kappa shape index (κ2) is 6.12. The van der Waals surface area contributed by atoms with Gasteiger partial charge in [-0.1, -0.05) is 5.16 Å². The number of hydrogen-bond donors (Lipinski definition) is 1. The first-order valence-corrected chi connectivity index (χ1v) is 3.04. The summed E-state index contributed by atoms with van der Waals surface area (Å²) in [4.78, 5) is 10.7. The lowest BCUT2D eigenvalue weighted by Crippen LogP contribution is -2.18. The van der Waals surface area contributed by atoms with Gasteiger partial charge in [-0.3, -0.25) is 0 Å². The molecule has 0 aliphatic heterocycles. The van der Waals surface area contributed by atoms with Gasteiger partial charge in [-0.25, -0.2) is 4.79 Å². The zero-order valence-corrected chi connectivity index (χ0v) is 6.48. The van der Waals surface area contributed by atoms with Gasteiger partial charge in [0.1, 0.15) is 12.7 Å². The standard InChI is InChI=1S/C6H8N2O4/c1-11-2-3-12-6(9)5(4-7)8-10/h10H,2-3H2,1H3. The molecule has 0 saturated carbocycles. The molecule has 0 heterocycles. The van der Waals surface area contributed by atoms with E-state index in [0.29, 0.717) is 0 Å². The molecule has 0 radical (unpaired) electrons. The van der Waals surface area contributed by atoms with Crippen molar-refractivity contribution in [3.63, 3.8) is 0 Å². The number of methoxy groups -OCH3 is 1. The molecule has 0 amide bonds. The number of ether oxygens (including phenoxy) is 2. The number of rotatable bonds is 4. The maximum absolute atomic E-state index is 10.7. The average Bonchev–Trinajstić information content (AvgIpc) is 2.07. The smallest absolute Gasteiger partial charge is 0.371 e. The van der Waals surface area contributed by atoms with Crippen LogP contribution >= 0.6 is 0 Å². The highest BCUT2D eigenvalue weighted by Crippen LogP contribution is 1.83. The number of esters is 1. The van der Waals surface area contributed by atoms with E-state index in [4.69, 9.17) is 10.5 Å². The van der Waals surface area contributed by atoms with Gasteiger partial charge in [-0.2, -0.15) is 5.26 Å². The minimum absolute atomic E-state index is 0.0238. The Bertz CT molecular complexity index is 218. The van der Waals surface area contributed by atoms with E-state index in [2.05, 4.69) is 14.6 Å². The van der Waals surface area contributed by atoms with E-state index in [1.807, 2.05) is 0 Å². The van der Waals surface area contributed by atoms with Crippen molar-refractivity contribution in [3.8, 4) is 6.07 Å². The summed E-state index contributed by atoms with van der Waals surface area (Å²) in [5, 5.41) is 18.7. The molecule has 0 aliphatic rings. The second-order valence-electron chi connectivity index (χ2n) is 1.69. The maximum Gasteiger partial charge on any atom is 0.371 e. The van der Waals surface area contributed by atoms with Gasteiger partial charge in [0.25, 0.3) is 5.71 Å². The summed E-state index contributed by atoms with van der Waals surface area (Å²) in [6.45, 7) is 0.256. The lowest BCUT2D eigenvalue weighted by molar-refractivity contribution is -0.136. The van der Waals surface area contributed by atoms with Crippen LogP contribution in [0, 0.1) is 11.3 Å². The van der Waals surface area contributed by atoms with Gasteiger partial charge in [0.05, 0.1) is 6.61 Å². The lowest BCUT2D eigenvalue weighted by Gasteiger charge is -1.99. The Morgan fingerprint density at radius 3 is 2.75 bits per heavy atom. The van der Waals surface area contributed by atoms with E-state index in [1.54, 1.807) is 0 Å². The van der Waals surface area contributed by atoms with Crippen molar-refractivity contribution in [2.75, 3.05) is 20.3 Å². The summed E-state index contributed by atoms with van der Waals surface area (Å²) in [5.41, 5.74) is -0.675. The molecule has 66 valence electrons. The van der Waals surface area contributed by atoms with Gasteiger partial charge in [-0.05, 0) is 0 Å². The van der Waals surface area contributed by atoms with Crippen molar-refractivity contribution in [2.45, 2.75) is 0 Å². The fourth-order valence-corrected chi connectivity index (χ4v) is 0.395. The molecular formula is C6H8N2O4. The Labute approximate surface area is 69.0 Å². The molecule has 0 aliphatic carbocycles. The van der Waals surface area contributed by atoms with Crippen LogP contribution in [0.15, 0.2) is 5.16 Å². The minimum atomic E-state index is -0.961. The van der Waals surface area contributed by atoms with Crippen molar-refractivity contribution in [3.05, 3.63) is 0 Å². The third-order valence-corrected chi connectivity index (χ3v) is 0.920. The summed E-state index contributed by atoms with van der Waals surface area (Å²) in [7, 11) is 1.44. The second-order valence-corrected chi connectivity index (χ2v) is 1.69. The largest absolute Gasteiger partial charge is 0.458 e. The SMILES string of the molecule is COCCOC(=O)C(C#N)=NO. The topological polar surface area (TPSA) is 91.9 Å². The quantitative estimate of drug-likeness (QED) is 0.203. The van der Waals surface area contributed by atoms with E-state index in [-0.39, 0.29) is 13.2 Å². The zero-order valence-electron chi connectivity index (χ0n) is 6.48. The van der Waals surface area contributed by atoms with Crippen LogP contribution in [0.5, 0.6) is 0 Å². The van der Waals surface area contributed by atoms with Crippen LogP contribution in [-0.2, 0) is 14.3 Å². The van der Waals surface area contributed by atoms with E-state index in [9.17, 15) is 4.79 Å². The normalized spacial score (nSPS) is 10.5. The van der Waals surface area contributed by atoms with Crippen molar-refractivity contribution in [1.82, 2.24) is 0 Å². The Morgan fingerprint density at radius 1 is 1.67 bits per heavy atom. The molecule has 0 rings (SSSR count). The zero-order chi connectivity index (χ0) is 9.40. The predicted octanol–water partition coefficient (Wildman–Crippen LogP) is -0.470. The molecule has 0 aromatic heterocycles. The van der Waals surface area contributed by atoms with Crippen molar-refractivity contribution >= 4 is 11.7 Å². The number of carbonyl (C=O) groups is 1. The summed E-state index contributed by atoms with van der Waals surface area (Å²) in [6.07, 6.45) is 0. The highest BCUT2D eigenvalue weighted by molar-refractivity contribution is 6.42. The molecule has 0 atom stereocenters. The first-order valence-electron chi connectivity index (χ1n) is 3.04. The average molecular weight is 172 g/mol. The summed E-state index contributed by atoms with van der Waals surface area (Å²) in [5.74, 6) is -0.961. The molecular weight excluding hydrogens is 164 g/mol. The highest BCUT2D eigenvalue weighted by atomic mass is 16.6. The monoisotopic (exact) mass is 172 g/mol. The molecule has 0 unspecified atom stereocenters. The maximum atomic E-state index is 10.7. The van der Waals surface area contributed by atoms with Gasteiger partial charge in [-0.15, -0.1) is 0 Å². The van der Waals surface area contributed by atoms with E-state index < -0.39 is 11.7 Å². The first kappa shape index (κ1) is 10.4. The van der Waals surface area contributed by atoms with Crippen molar-refractivity contribution in [2.24, 2.45) is 5.16 Å². The third kappa shape index (κ3) is 3.53. The summed E-state index contributed by atoms with van der Waals surface area (Å²) < 4.78 is 9.03. The van der Waals surface area contributed by atoms with Gasteiger partial charge >= 0.3 is 5.97 Å². The van der Waals surface area contributed by atoms with Gasteiger partial charge < -0.3 is 14.7 Å². The number of nitriles is 1. The van der Waals surface area contributed by atoms with Gasteiger partial charge in [0.2, 0.25) is 0 Å². The van der Waals surface area contributed by atoms with Gasteiger partial charge in [0.15, 0.2) is 0 Å². The van der Waals surface area contributed by atoms with Crippen LogP contribution in [0.3, 0.4) is 0 Å². The Balaban J connectivity index is 3.81. The fourth-order valence-electron chi connectivity index (χ4n) is 0.395. The Hall–Kier alpha value is -1.61. The predicted molar refractivity (Wildman–Crippen MR) is 37.7 cm³/mol. The lowest BCUT2D eigenvalue weighted by atomic mass is 10.4. The van der Waals surface area contributed by atoms with Crippen molar-refractivity contribution in [1.29, 1.82) is 5.26 Å². The first-order chi connectivity index (χ1) is 5.76. The molecule has 6 nitrogen and oxygen atoms in total. The molecule has 0 saturated heterocycles. The fraction of sp³-hybridized carbons (Fsp3) is 0.500. The van der Waals surface area contributed by atoms with E-state index >= 15 is 0 Å². The number of nitrogens with zero attached hydrogens (tertiary/aromatic N) is 2. The van der Waals surface area contributed by atoms with E-state index in [0.717, 1.165) is 0 Å². The van der Waals surface area contributed by atoms with Crippen LogP contribution in [0.1, 0.15) is 0 Å². The highest BCUT2D eigenvalue weighted by Gasteiger charge is 2.12. The van der Waals surface area contributed by atoms with Crippen LogP contribution in [0.25, 0.3) is 0 Å². The number of hydrogen-bond acceptors (Lipinski definition) is 6. The van der Waals surface area contributed by atoms with Gasteiger partial charge in [0, 0.05) is 7.11 Å². The molecule has 0 aromatic carbocycles. The minimum Gasteiger partial charge on any atom is -0.458 e. The van der Waals surface area contributed by atoms with Crippen LogP contribution < -0.4 is 0 Å². The molecule has 12 heavy (non-hydrogen) atoms. The number of oxime groups is 1. The Kier molecular flexibility index (Phi) is 5.30. The van der Waals surface area contributed by atoms with E-state index in [1.165, 1.54) is 13.2 Å². The molecule has 0 bridgehead atoms. The number of carbonyl (C=O) groups excluding carboxylic acids is 1. The van der Waals surface area contributed by atoms with Crippen LogP contribution in [-0.4, -0.2) is 37.2 Å². The van der Waals surface area contributed by atoms with Crippen LogP contribution in [0.4, 0.5) is 0 Å². The molecule has 0 aromatic rings. The molecule has 6 heteroatoms. The van der Waals surface area contributed by atoms with Crippen molar-refractivity contribution < 1.29 is 19.5 Å². The molecule has 0 fully saturated rings. The van der Waals surface area contributed by atoms with Crippen LogP contribution in [0.2, 0.25) is 0 Å². The molecule has 1 N–H and O–H groups in total. The summed E-state index contributed by atoms with van der Waals surface area (Å²) in [6, 6.07) is 1.36. The molecule has 0 spiro atoms. The third-order valence-electron chi connectivity index (χ3n) is 0.920.